The third kappa shape index (κ3) is 3.32. The van der Waals surface area contributed by atoms with Crippen LogP contribution in [0, 0.1) is 11.3 Å². The minimum absolute atomic E-state index is 0.200. The van der Waals surface area contributed by atoms with Gasteiger partial charge < -0.3 is 15.6 Å². The van der Waals surface area contributed by atoms with E-state index in [1.165, 1.54) is 0 Å². The summed E-state index contributed by atoms with van der Waals surface area (Å²) in [5.41, 5.74) is 4.46. The number of nitriles is 1. The summed E-state index contributed by atoms with van der Waals surface area (Å²) in [5.74, 6) is -1.27. The Hall–Kier alpha value is -1.70. The van der Waals surface area contributed by atoms with Gasteiger partial charge in [-0.2, -0.15) is 5.26 Å². The van der Waals surface area contributed by atoms with Gasteiger partial charge in [-0.15, -0.1) is 0 Å². The molecule has 0 saturated heterocycles. The molecule has 0 aliphatic heterocycles. The average molecular weight is 142 g/mol. The standard InChI is InChI=1S/C5H6N2O3/c6-1-2-10-3-4(7)5(8)9/h3H,2,7H2,(H,8,9)/b4-3-. The zero-order valence-corrected chi connectivity index (χ0v) is 5.07. The molecule has 0 heterocycles. The zero-order valence-electron chi connectivity index (χ0n) is 5.07. The lowest BCUT2D eigenvalue weighted by Crippen LogP contribution is -2.10. The van der Waals surface area contributed by atoms with Crippen LogP contribution in [-0.4, -0.2) is 17.7 Å². The third-order valence-corrected chi connectivity index (χ3v) is 0.605. The van der Waals surface area contributed by atoms with Crippen LogP contribution in [0.1, 0.15) is 0 Å². The highest BCUT2D eigenvalue weighted by Crippen LogP contribution is 1.83. The quantitative estimate of drug-likeness (QED) is 0.312. The summed E-state index contributed by atoms with van der Waals surface area (Å²) in [6.07, 6.45) is 0.825. The van der Waals surface area contributed by atoms with Crippen molar-refractivity contribution in [3.05, 3.63) is 12.0 Å². The maximum absolute atomic E-state index is 9.94. The maximum Gasteiger partial charge on any atom is 0.354 e. The number of nitrogens with two attached hydrogens (primary N) is 1. The van der Waals surface area contributed by atoms with E-state index in [9.17, 15) is 4.79 Å². The van der Waals surface area contributed by atoms with Gasteiger partial charge in [0.1, 0.15) is 12.3 Å². The first-order valence-electron chi connectivity index (χ1n) is 2.36. The Labute approximate surface area is 57.3 Å². The largest absolute Gasteiger partial charge is 0.484 e. The Morgan fingerprint density at radius 1 is 1.90 bits per heavy atom. The molecule has 0 fully saturated rings. The lowest BCUT2D eigenvalue weighted by Gasteiger charge is -1.92. The third-order valence-electron chi connectivity index (χ3n) is 0.605. The number of hydrogen-bond donors (Lipinski definition) is 2. The lowest BCUT2D eigenvalue weighted by atomic mass is 10.5. The minimum Gasteiger partial charge on any atom is -0.484 e. The fourth-order valence-corrected chi connectivity index (χ4v) is 0.219. The maximum atomic E-state index is 9.94. The van der Waals surface area contributed by atoms with Gasteiger partial charge in [0.2, 0.25) is 0 Å². The molecule has 10 heavy (non-hydrogen) atoms. The fourth-order valence-electron chi connectivity index (χ4n) is 0.219. The SMILES string of the molecule is N#CCO/C=C(\N)C(=O)O. The molecule has 0 unspecified atom stereocenters. The molecule has 5 heteroatoms. The number of carboxylic acid groups (broad SMARTS) is 1. The number of rotatable bonds is 3. The van der Waals surface area contributed by atoms with Crippen LogP contribution in [0.5, 0.6) is 0 Å². The van der Waals surface area contributed by atoms with Crippen molar-refractivity contribution in [2.75, 3.05) is 6.61 Å². The van der Waals surface area contributed by atoms with Gasteiger partial charge in [0.05, 0.1) is 0 Å². The van der Waals surface area contributed by atoms with E-state index in [0.717, 1.165) is 6.26 Å². The second-order valence-electron chi connectivity index (χ2n) is 1.35. The van der Waals surface area contributed by atoms with Crippen LogP contribution in [-0.2, 0) is 9.53 Å². The molecule has 0 saturated carbocycles. The van der Waals surface area contributed by atoms with Gasteiger partial charge in [0.25, 0.3) is 0 Å². The van der Waals surface area contributed by atoms with E-state index in [0.29, 0.717) is 0 Å². The molecule has 0 rings (SSSR count). The highest BCUT2D eigenvalue weighted by atomic mass is 16.5. The smallest absolute Gasteiger partial charge is 0.354 e. The van der Waals surface area contributed by atoms with E-state index >= 15 is 0 Å². The van der Waals surface area contributed by atoms with Crippen LogP contribution in [0.4, 0.5) is 0 Å². The van der Waals surface area contributed by atoms with E-state index in [2.05, 4.69) is 4.74 Å². The molecule has 0 bridgehead atoms. The summed E-state index contributed by atoms with van der Waals surface area (Å²) < 4.78 is 4.38. The summed E-state index contributed by atoms with van der Waals surface area (Å²) >= 11 is 0. The normalized spacial score (nSPS) is 10.1. The molecule has 0 spiro atoms. The summed E-state index contributed by atoms with van der Waals surface area (Å²) in [4.78, 5) is 9.94. The number of nitrogens with zero attached hydrogens (tertiary/aromatic N) is 1. The first-order valence-corrected chi connectivity index (χ1v) is 2.36. The lowest BCUT2D eigenvalue weighted by molar-refractivity contribution is -0.132. The van der Waals surface area contributed by atoms with Crippen molar-refractivity contribution in [3.8, 4) is 6.07 Å². The second kappa shape index (κ2) is 4.21. The zero-order chi connectivity index (χ0) is 7.98. The van der Waals surface area contributed by atoms with E-state index < -0.39 is 11.7 Å². The topological polar surface area (TPSA) is 96.3 Å². The Morgan fingerprint density at radius 2 is 2.50 bits per heavy atom. The van der Waals surface area contributed by atoms with E-state index in [1.807, 2.05) is 0 Å². The summed E-state index contributed by atoms with van der Waals surface area (Å²) in [7, 11) is 0. The van der Waals surface area contributed by atoms with Gasteiger partial charge in [0.15, 0.2) is 12.3 Å². The van der Waals surface area contributed by atoms with Gasteiger partial charge in [-0.25, -0.2) is 4.79 Å². The Balaban J connectivity index is 3.72. The van der Waals surface area contributed by atoms with Gasteiger partial charge in [-0.3, -0.25) is 0 Å². The summed E-state index contributed by atoms with van der Waals surface area (Å²) in [6.45, 7) is -0.200. The van der Waals surface area contributed by atoms with Gasteiger partial charge in [0, 0.05) is 0 Å². The van der Waals surface area contributed by atoms with Crippen LogP contribution in [0.2, 0.25) is 0 Å². The molecule has 0 aliphatic rings. The molecule has 0 radical (unpaired) electrons. The molecule has 54 valence electrons. The molecule has 0 atom stereocenters. The van der Waals surface area contributed by atoms with E-state index in [1.54, 1.807) is 6.07 Å². The first kappa shape index (κ1) is 8.30. The molecular weight excluding hydrogens is 136 g/mol. The highest BCUT2D eigenvalue weighted by Gasteiger charge is 1.98. The monoisotopic (exact) mass is 142 g/mol. The number of carbonyl (C=O) groups is 1. The van der Waals surface area contributed by atoms with Crippen molar-refractivity contribution >= 4 is 5.97 Å². The molecule has 0 aromatic heterocycles. The molecule has 3 N–H and O–H groups in total. The number of hydrogen-bond acceptors (Lipinski definition) is 4. The fraction of sp³-hybridized carbons (Fsp3) is 0.200. The van der Waals surface area contributed by atoms with Crippen molar-refractivity contribution in [1.82, 2.24) is 0 Å². The van der Waals surface area contributed by atoms with Crippen molar-refractivity contribution in [1.29, 1.82) is 5.26 Å². The molecule has 5 nitrogen and oxygen atoms in total. The van der Waals surface area contributed by atoms with Gasteiger partial charge >= 0.3 is 5.97 Å². The van der Waals surface area contributed by atoms with Crippen molar-refractivity contribution in [2.24, 2.45) is 5.73 Å². The van der Waals surface area contributed by atoms with Gasteiger partial charge in [-0.1, -0.05) is 0 Å². The molecule has 0 aromatic rings. The number of carboxylic acids is 1. The van der Waals surface area contributed by atoms with Crippen LogP contribution in [0.25, 0.3) is 0 Å². The van der Waals surface area contributed by atoms with Crippen LogP contribution < -0.4 is 5.73 Å². The van der Waals surface area contributed by atoms with Crippen LogP contribution in [0.15, 0.2) is 12.0 Å². The molecule has 0 amide bonds. The second-order valence-corrected chi connectivity index (χ2v) is 1.35. The highest BCUT2D eigenvalue weighted by molar-refractivity contribution is 5.84. The Kier molecular flexibility index (Phi) is 3.49. The first-order chi connectivity index (χ1) is 4.68. The Morgan fingerprint density at radius 3 is 2.90 bits per heavy atom. The minimum atomic E-state index is -1.27. The van der Waals surface area contributed by atoms with Crippen LogP contribution in [0.3, 0.4) is 0 Å². The predicted octanol–water partition coefficient (Wildman–Crippen LogP) is -0.589. The number of ether oxygens (including phenoxy) is 1. The van der Waals surface area contributed by atoms with E-state index in [4.69, 9.17) is 16.1 Å². The molecular formula is C5H6N2O3. The average Bonchev–Trinajstić information content (AvgIpc) is 1.88. The summed E-state index contributed by atoms with van der Waals surface area (Å²) in [6, 6.07) is 1.65. The predicted molar refractivity (Wildman–Crippen MR) is 31.5 cm³/mol. The van der Waals surface area contributed by atoms with Crippen molar-refractivity contribution < 1.29 is 14.6 Å². The van der Waals surface area contributed by atoms with Crippen molar-refractivity contribution in [3.63, 3.8) is 0 Å². The number of aliphatic carboxylic acids is 1. The van der Waals surface area contributed by atoms with Crippen LogP contribution >= 0.6 is 0 Å². The van der Waals surface area contributed by atoms with E-state index in [-0.39, 0.29) is 6.61 Å². The van der Waals surface area contributed by atoms with Crippen molar-refractivity contribution in [2.45, 2.75) is 0 Å². The molecule has 0 aromatic carbocycles. The molecule has 0 aliphatic carbocycles. The Bertz CT molecular complexity index is 192. The summed E-state index contributed by atoms with van der Waals surface area (Å²) in [5, 5.41) is 16.1. The van der Waals surface area contributed by atoms with Gasteiger partial charge in [-0.05, 0) is 0 Å².